The van der Waals surface area contributed by atoms with E-state index in [1.165, 1.54) is 34.6 Å². The van der Waals surface area contributed by atoms with Gasteiger partial charge in [-0.25, -0.2) is 0 Å². The summed E-state index contributed by atoms with van der Waals surface area (Å²) in [5, 5.41) is 5.41. The van der Waals surface area contributed by atoms with Crippen molar-refractivity contribution in [3.8, 4) is 6.01 Å². The maximum absolute atomic E-state index is 13.1. The lowest BCUT2D eigenvalue weighted by Gasteiger charge is -2.34. The second-order valence-corrected chi connectivity index (χ2v) is 14.0. The number of sulfonamides is 1. The molecule has 1 saturated heterocycles. The molecule has 0 saturated carbocycles. The molecule has 240 valence electrons. The van der Waals surface area contributed by atoms with E-state index < -0.39 is 63.1 Å². The van der Waals surface area contributed by atoms with E-state index in [0.29, 0.717) is 5.56 Å². The van der Waals surface area contributed by atoms with Gasteiger partial charge in [0.05, 0.1) is 11.8 Å². The summed E-state index contributed by atoms with van der Waals surface area (Å²) in [6.07, 6.45) is -7.81. The lowest BCUT2D eigenvalue weighted by atomic mass is 10.1. The number of nitrogens with zero attached hydrogens (tertiary/aromatic N) is 4. The minimum absolute atomic E-state index is 0.0182. The Morgan fingerprint density at radius 1 is 0.955 bits per heavy atom. The molecule has 19 heteroatoms. The first kappa shape index (κ1) is 33.5. The van der Waals surface area contributed by atoms with Gasteiger partial charge in [-0.1, -0.05) is 10.3 Å². The Morgan fingerprint density at radius 3 is 2.18 bits per heavy atom. The van der Waals surface area contributed by atoms with Gasteiger partial charge in [0.25, 0.3) is 0 Å². The fourth-order valence-corrected chi connectivity index (χ4v) is 6.49. The van der Waals surface area contributed by atoms with Gasteiger partial charge >= 0.3 is 18.4 Å². The van der Waals surface area contributed by atoms with E-state index in [1.54, 1.807) is 0 Å². The molecule has 0 radical (unpaired) electrons. The van der Waals surface area contributed by atoms with Gasteiger partial charge < -0.3 is 24.5 Å². The molecule has 3 aromatic rings. The number of sulfone groups is 1. The van der Waals surface area contributed by atoms with Crippen LogP contribution >= 0.6 is 0 Å². The van der Waals surface area contributed by atoms with Crippen LogP contribution in [0.15, 0.2) is 53.4 Å². The molecular formula is C25H26F6N6O5S2. The largest absolute Gasteiger partial charge is 0.615 e. The first-order chi connectivity index (χ1) is 20.4. The average Bonchev–Trinajstić information content (AvgIpc) is 2.91. The van der Waals surface area contributed by atoms with Crippen molar-refractivity contribution >= 4 is 38.2 Å². The van der Waals surface area contributed by atoms with Gasteiger partial charge in [-0.2, -0.15) is 41.3 Å². The molecule has 44 heavy (non-hydrogen) atoms. The number of halogens is 6. The molecule has 4 rings (SSSR count). The highest BCUT2D eigenvalue weighted by Crippen LogP contribution is 2.32. The maximum atomic E-state index is 13.1. The van der Waals surface area contributed by atoms with E-state index in [1.807, 2.05) is 0 Å². The van der Waals surface area contributed by atoms with E-state index in [9.17, 15) is 43.9 Å². The normalized spacial score (nSPS) is 17.8. The molecule has 0 spiro atoms. The lowest BCUT2D eigenvalue weighted by molar-refractivity contribution is -0.154. The number of piperidine rings is 1. The Kier molecular flexibility index (Phi) is 9.84. The topological polar surface area (TPSA) is 155 Å². The van der Waals surface area contributed by atoms with Crippen LogP contribution in [-0.4, -0.2) is 66.5 Å². The van der Waals surface area contributed by atoms with Crippen LogP contribution in [-0.2, 0) is 41.0 Å². The summed E-state index contributed by atoms with van der Waals surface area (Å²) in [5.41, 5.74) is -0.635. The van der Waals surface area contributed by atoms with Crippen molar-refractivity contribution in [1.29, 1.82) is 0 Å². The fraction of sp³-hybridized carbons (Fsp3) is 0.400. The van der Waals surface area contributed by atoms with E-state index in [2.05, 4.69) is 30.3 Å². The summed E-state index contributed by atoms with van der Waals surface area (Å²) >= 11 is 0. The number of rotatable bonds is 10. The molecule has 1 aliphatic heterocycles. The molecule has 2 atom stereocenters. The Bertz CT molecular complexity index is 1550. The Morgan fingerprint density at radius 2 is 1.59 bits per heavy atom. The minimum Gasteiger partial charge on any atom is -0.615 e. The first-order valence-corrected chi connectivity index (χ1v) is 16.3. The Balaban J connectivity index is 1.45. The monoisotopic (exact) mass is 668 g/mol. The summed E-state index contributed by atoms with van der Waals surface area (Å²) in [5.74, 6) is -0.866. The van der Waals surface area contributed by atoms with Gasteiger partial charge in [0, 0.05) is 40.6 Å². The predicted molar refractivity (Wildman–Crippen MR) is 146 cm³/mol. The van der Waals surface area contributed by atoms with E-state index in [-0.39, 0.29) is 48.2 Å². The summed E-state index contributed by atoms with van der Waals surface area (Å²) in [6.45, 7) is -1.61. The Hall–Kier alpha value is -3.39. The molecule has 1 aromatic heterocycles. The quantitative estimate of drug-likeness (QED) is 0.227. The van der Waals surface area contributed by atoms with Crippen LogP contribution in [0.25, 0.3) is 0 Å². The van der Waals surface area contributed by atoms with Crippen molar-refractivity contribution < 1.29 is 48.6 Å². The second-order valence-electron chi connectivity index (χ2n) is 9.91. The summed E-state index contributed by atoms with van der Waals surface area (Å²) < 4.78 is 133. The third-order valence-electron chi connectivity index (χ3n) is 6.20. The molecule has 1 aliphatic rings. The number of aromatic nitrogens is 3. The Labute approximate surface area is 250 Å². The highest BCUT2D eigenvalue weighted by molar-refractivity contribution is 7.96. The molecule has 0 bridgehead atoms. The zero-order valence-corrected chi connectivity index (χ0v) is 24.5. The van der Waals surface area contributed by atoms with Crippen LogP contribution in [0.4, 0.5) is 43.9 Å². The average molecular weight is 669 g/mol. The van der Waals surface area contributed by atoms with Crippen molar-refractivity contribution in [2.24, 2.45) is 0 Å². The van der Waals surface area contributed by atoms with Gasteiger partial charge in [-0.15, -0.1) is 8.51 Å². The van der Waals surface area contributed by atoms with E-state index >= 15 is 0 Å². The predicted octanol–water partition coefficient (Wildman–Crippen LogP) is 4.82. The van der Waals surface area contributed by atoms with Crippen LogP contribution < -0.4 is 15.4 Å². The number of benzene rings is 2. The van der Waals surface area contributed by atoms with Crippen molar-refractivity contribution in [3.05, 3.63) is 59.7 Å². The van der Waals surface area contributed by atoms with E-state index in [4.69, 9.17) is 0 Å². The zero-order chi connectivity index (χ0) is 32.3. The van der Waals surface area contributed by atoms with Crippen LogP contribution in [0.1, 0.15) is 24.0 Å². The smallest absolute Gasteiger partial charge is 0.422 e. The highest BCUT2D eigenvalue weighted by atomic mass is 32.3. The molecule has 1 fully saturated rings. The molecule has 2 heterocycles. The molecule has 0 amide bonds. The second kappa shape index (κ2) is 12.9. The summed E-state index contributed by atoms with van der Waals surface area (Å²) in [6, 6.07) is 8.33. The van der Waals surface area contributed by atoms with Crippen molar-refractivity contribution in [3.63, 3.8) is 0 Å². The third-order valence-corrected chi connectivity index (χ3v) is 8.97. The maximum Gasteiger partial charge on any atom is 0.422 e. The fourth-order valence-electron chi connectivity index (χ4n) is 4.22. The third kappa shape index (κ3) is 9.55. The molecule has 0 aliphatic carbocycles. The van der Waals surface area contributed by atoms with Crippen LogP contribution in [0.3, 0.4) is 0 Å². The lowest BCUT2D eigenvalue weighted by Crippen LogP contribution is -2.45. The number of ether oxygens (including phenoxy) is 1. The van der Waals surface area contributed by atoms with Gasteiger partial charge in [-0.3, -0.25) is 0 Å². The number of alkyl halides is 6. The van der Waals surface area contributed by atoms with Gasteiger partial charge in [0.15, 0.2) is 21.9 Å². The van der Waals surface area contributed by atoms with Crippen LogP contribution in [0.2, 0.25) is 0 Å². The number of hydrogen-bond donors (Lipinski definition) is 2. The molecular weight excluding hydrogens is 642 g/mol. The SMILES string of the molecule is C[S+](=O)([O-])Cc1ccc([S+](=O)([O-])N2CCC(Nc3nc(Nc4cccc(C(F)(F)F)c4)nc(OCC(F)(F)F)n3)CC2)cc1. The van der Waals surface area contributed by atoms with Crippen LogP contribution in [0, 0.1) is 0 Å². The minimum atomic E-state index is -4.72. The van der Waals surface area contributed by atoms with Crippen molar-refractivity contribution in [1.82, 2.24) is 19.3 Å². The van der Waals surface area contributed by atoms with Crippen molar-refractivity contribution in [2.45, 2.75) is 41.9 Å². The molecule has 2 N–H and O–H groups in total. The van der Waals surface area contributed by atoms with Gasteiger partial charge in [0.2, 0.25) is 11.9 Å². The highest BCUT2D eigenvalue weighted by Gasteiger charge is 2.35. The number of anilines is 3. The zero-order valence-electron chi connectivity index (χ0n) is 22.9. The first-order valence-electron chi connectivity index (χ1n) is 12.8. The van der Waals surface area contributed by atoms with Gasteiger partial charge in [0.1, 0.15) is 5.75 Å². The summed E-state index contributed by atoms with van der Waals surface area (Å²) in [7, 11) is -7.20. The van der Waals surface area contributed by atoms with Gasteiger partial charge in [-0.05, 0) is 55.3 Å². The molecule has 2 unspecified atom stereocenters. The van der Waals surface area contributed by atoms with Crippen molar-refractivity contribution in [2.75, 3.05) is 36.6 Å². The number of hydrogen-bond acceptors (Lipinski definition) is 10. The number of nitrogens with one attached hydrogen (secondary N) is 2. The summed E-state index contributed by atoms with van der Waals surface area (Å²) in [4.78, 5) is 11.6. The van der Waals surface area contributed by atoms with Crippen LogP contribution in [0.5, 0.6) is 6.01 Å². The van der Waals surface area contributed by atoms with E-state index in [0.717, 1.165) is 24.5 Å². The molecule has 11 nitrogen and oxygen atoms in total. The molecule has 2 aromatic carbocycles. The standard InChI is InChI=1S/C25H26F6N6O5S2/c1-43(38,39)14-16-5-7-20(8-6-16)44(40,41)37-11-9-18(10-12-37)32-21-34-22(36-23(35-21)42-15-24(26,27)28)33-19-4-2-3-17(13-19)25(29,30)31/h2-8,13,18H,9-12,14-15H2,1H3,(H2-2,32,33,34,35,36,38,39,40,41).